The molecule has 0 rings (SSSR count). The molecule has 2 nitrogen and oxygen atoms in total. The van der Waals surface area contributed by atoms with E-state index in [4.69, 9.17) is 5.73 Å². The molecular formula is C12H24N2. The molecule has 0 fully saturated rings. The molecule has 82 valence electrons. The van der Waals surface area contributed by atoms with Crippen LogP contribution in [-0.2, 0) is 0 Å². The zero-order chi connectivity index (χ0) is 11.0. The summed E-state index contributed by atoms with van der Waals surface area (Å²) in [5.41, 5.74) is 6.08. The Bertz CT molecular complexity index is 156. The first-order chi connectivity index (χ1) is 6.65. The summed E-state index contributed by atoms with van der Waals surface area (Å²) in [5.74, 6) is 0.576. The van der Waals surface area contributed by atoms with Crippen molar-refractivity contribution in [3.8, 4) is 0 Å². The van der Waals surface area contributed by atoms with Gasteiger partial charge in [-0.05, 0) is 5.92 Å². The Balaban J connectivity index is 3.99. The van der Waals surface area contributed by atoms with Gasteiger partial charge in [0.2, 0.25) is 0 Å². The van der Waals surface area contributed by atoms with Gasteiger partial charge in [-0.3, -0.25) is 4.90 Å². The molecule has 0 saturated heterocycles. The zero-order valence-electron chi connectivity index (χ0n) is 9.58. The maximum atomic E-state index is 6.08. The standard InChI is InChI=1S/C12H24N2/c1-5-8-14(9-6-2)10-12(13)11(4)7-3/h5-6,11-12H,1-2,7-10,13H2,3-4H3/t11-,12-/m0/s1. The molecule has 0 aliphatic rings. The summed E-state index contributed by atoms with van der Waals surface area (Å²) in [6.45, 7) is 14.5. The first-order valence-corrected chi connectivity index (χ1v) is 5.35. The Morgan fingerprint density at radius 2 is 1.79 bits per heavy atom. The van der Waals surface area contributed by atoms with Crippen LogP contribution in [0.4, 0.5) is 0 Å². The van der Waals surface area contributed by atoms with Crippen LogP contribution in [0.3, 0.4) is 0 Å². The van der Waals surface area contributed by atoms with E-state index in [1.165, 1.54) is 0 Å². The highest BCUT2D eigenvalue weighted by molar-refractivity contribution is 4.83. The third-order valence-corrected chi connectivity index (χ3v) is 2.62. The smallest absolute Gasteiger partial charge is 0.0193 e. The van der Waals surface area contributed by atoms with Gasteiger partial charge in [-0.15, -0.1) is 13.2 Å². The molecule has 0 aliphatic carbocycles. The first kappa shape index (κ1) is 13.4. The zero-order valence-corrected chi connectivity index (χ0v) is 9.58. The second-order valence-electron chi connectivity index (χ2n) is 3.85. The van der Waals surface area contributed by atoms with E-state index >= 15 is 0 Å². The molecule has 0 aromatic carbocycles. The largest absolute Gasteiger partial charge is 0.326 e. The number of nitrogens with two attached hydrogens (primary N) is 1. The van der Waals surface area contributed by atoms with Crippen molar-refractivity contribution in [2.75, 3.05) is 19.6 Å². The van der Waals surface area contributed by atoms with Crippen molar-refractivity contribution in [3.05, 3.63) is 25.3 Å². The topological polar surface area (TPSA) is 29.3 Å². The fourth-order valence-electron chi connectivity index (χ4n) is 1.37. The van der Waals surface area contributed by atoms with Gasteiger partial charge in [-0.25, -0.2) is 0 Å². The Morgan fingerprint density at radius 1 is 1.29 bits per heavy atom. The minimum Gasteiger partial charge on any atom is -0.326 e. The highest BCUT2D eigenvalue weighted by atomic mass is 15.1. The first-order valence-electron chi connectivity index (χ1n) is 5.35. The molecule has 0 saturated carbocycles. The lowest BCUT2D eigenvalue weighted by molar-refractivity contribution is 0.273. The van der Waals surface area contributed by atoms with Gasteiger partial charge in [0.05, 0.1) is 0 Å². The highest BCUT2D eigenvalue weighted by Crippen LogP contribution is 2.06. The van der Waals surface area contributed by atoms with Crippen molar-refractivity contribution in [2.45, 2.75) is 26.3 Å². The SMILES string of the molecule is C=CCN(CC=C)C[C@H](N)[C@@H](C)CC. The molecule has 14 heavy (non-hydrogen) atoms. The maximum Gasteiger partial charge on any atom is 0.0193 e. The lowest BCUT2D eigenvalue weighted by Crippen LogP contribution is -2.41. The number of rotatable bonds is 8. The molecular weight excluding hydrogens is 172 g/mol. The fourth-order valence-corrected chi connectivity index (χ4v) is 1.37. The Morgan fingerprint density at radius 3 is 2.14 bits per heavy atom. The van der Waals surface area contributed by atoms with E-state index in [9.17, 15) is 0 Å². The van der Waals surface area contributed by atoms with Crippen LogP contribution in [-0.4, -0.2) is 30.6 Å². The summed E-state index contributed by atoms with van der Waals surface area (Å²) >= 11 is 0. The second kappa shape index (κ2) is 7.77. The van der Waals surface area contributed by atoms with Crippen molar-refractivity contribution in [2.24, 2.45) is 11.7 Å². The molecule has 0 bridgehead atoms. The van der Waals surface area contributed by atoms with E-state index in [2.05, 4.69) is 31.9 Å². The van der Waals surface area contributed by atoms with Crippen molar-refractivity contribution < 1.29 is 0 Å². The van der Waals surface area contributed by atoms with Crippen LogP contribution in [0.15, 0.2) is 25.3 Å². The van der Waals surface area contributed by atoms with Gasteiger partial charge in [-0.1, -0.05) is 32.4 Å². The van der Waals surface area contributed by atoms with Gasteiger partial charge in [0, 0.05) is 25.7 Å². The molecule has 2 N–H and O–H groups in total. The minimum absolute atomic E-state index is 0.250. The van der Waals surface area contributed by atoms with Gasteiger partial charge in [0.25, 0.3) is 0 Å². The van der Waals surface area contributed by atoms with Crippen LogP contribution >= 0.6 is 0 Å². The Labute approximate surface area is 88.5 Å². The van der Waals surface area contributed by atoms with E-state index < -0.39 is 0 Å². The summed E-state index contributed by atoms with van der Waals surface area (Å²) in [5, 5.41) is 0. The van der Waals surface area contributed by atoms with E-state index in [1.807, 2.05) is 12.2 Å². The van der Waals surface area contributed by atoms with E-state index in [0.717, 1.165) is 26.1 Å². The van der Waals surface area contributed by atoms with Crippen molar-refractivity contribution in [1.29, 1.82) is 0 Å². The normalized spacial score (nSPS) is 15.1. The molecule has 2 heteroatoms. The molecule has 0 aromatic rings. The summed E-state index contributed by atoms with van der Waals surface area (Å²) in [6.07, 6.45) is 4.96. The van der Waals surface area contributed by atoms with E-state index in [-0.39, 0.29) is 6.04 Å². The lowest BCUT2D eigenvalue weighted by Gasteiger charge is -2.26. The van der Waals surface area contributed by atoms with Gasteiger partial charge in [0.15, 0.2) is 0 Å². The number of nitrogens with zero attached hydrogens (tertiary/aromatic N) is 1. The van der Waals surface area contributed by atoms with Crippen LogP contribution < -0.4 is 5.73 Å². The predicted molar refractivity (Wildman–Crippen MR) is 64.3 cm³/mol. The predicted octanol–water partition coefficient (Wildman–Crippen LogP) is 2.03. The molecule has 0 unspecified atom stereocenters. The van der Waals surface area contributed by atoms with Crippen LogP contribution in [0.25, 0.3) is 0 Å². The van der Waals surface area contributed by atoms with Gasteiger partial charge in [0.1, 0.15) is 0 Å². The fraction of sp³-hybridized carbons (Fsp3) is 0.667. The van der Waals surface area contributed by atoms with Gasteiger partial charge in [-0.2, -0.15) is 0 Å². The number of hydrogen-bond acceptors (Lipinski definition) is 2. The quantitative estimate of drug-likeness (QED) is 0.602. The van der Waals surface area contributed by atoms with Crippen molar-refractivity contribution in [3.63, 3.8) is 0 Å². The second-order valence-corrected chi connectivity index (χ2v) is 3.85. The third kappa shape index (κ3) is 5.20. The molecule has 0 aromatic heterocycles. The molecule has 2 atom stereocenters. The monoisotopic (exact) mass is 196 g/mol. The summed E-state index contributed by atoms with van der Waals surface area (Å²) in [7, 11) is 0. The summed E-state index contributed by atoms with van der Waals surface area (Å²) in [4.78, 5) is 2.26. The van der Waals surface area contributed by atoms with Crippen LogP contribution in [0, 0.1) is 5.92 Å². The van der Waals surface area contributed by atoms with Crippen LogP contribution in [0.2, 0.25) is 0 Å². The molecule has 0 aliphatic heterocycles. The molecule has 0 heterocycles. The minimum atomic E-state index is 0.250. The van der Waals surface area contributed by atoms with Crippen molar-refractivity contribution >= 4 is 0 Å². The average Bonchev–Trinajstić information content (AvgIpc) is 2.17. The van der Waals surface area contributed by atoms with E-state index in [0.29, 0.717) is 5.92 Å². The number of hydrogen-bond donors (Lipinski definition) is 1. The lowest BCUT2D eigenvalue weighted by atomic mass is 9.99. The average molecular weight is 196 g/mol. The van der Waals surface area contributed by atoms with Gasteiger partial charge < -0.3 is 5.73 Å². The van der Waals surface area contributed by atoms with Crippen LogP contribution in [0.5, 0.6) is 0 Å². The third-order valence-electron chi connectivity index (χ3n) is 2.62. The highest BCUT2D eigenvalue weighted by Gasteiger charge is 2.13. The molecule has 0 spiro atoms. The summed E-state index contributed by atoms with van der Waals surface area (Å²) < 4.78 is 0. The van der Waals surface area contributed by atoms with Crippen LogP contribution in [0.1, 0.15) is 20.3 Å². The molecule has 0 radical (unpaired) electrons. The van der Waals surface area contributed by atoms with Gasteiger partial charge >= 0.3 is 0 Å². The Kier molecular flexibility index (Phi) is 7.44. The summed E-state index contributed by atoms with van der Waals surface area (Å²) in [6, 6.07) is 0.250. The maximum absolute atomic E-state index is 6.08. The molecule has 0 amide bonds. The van der Waals surface area contributed by atoms with E-state index in [1.54, 1.807) is 0 Å². The Hall–Kier alpha value is -0.600. The van der Waals surface area contributed by atoms with Crippen molar-refractivity contribution in [1.82, 2.24) is 4.90 Å².